The first-order valence-corrected chi connectivity index (χ1v) is 5.64. The van der Waals surface area contributed by atoms with Crippen LogP contribution in [0.1, 0.15) is 6.42 Å². The van der Waals surface area contributed by atoms with Gasteiger partial charge in [0.25, 0.3) is 10.4 Å². The third kappa shape index (κ3) is 5.41. The van der Waals surface area contributed by atoms with Crippen LogP contribution in [-0.2, 0) is 18.8 Å². The van der Waals surface area contributed by atoms with E-state index in [1.165, 1.54) is 0 Å². The molecule has 10 heteroatoms. The SMILES string of the molecule is C[N+](C)(C)C[C@](CC(=O)[O-])(O[N+](=O)[O-])P(=O)=O. The average Bonchev–Trinajstić information content (AvgIpc) is 1.96. The first-order valence-electron chi connectivity index (χ1n) is 4.47. The molecule has 0 radical (unpaired) electrons. The minimum absolute atomic E-state index is 0.0234. The molecule has 0 amide bonds. The largest absolute Gasteiger partial charge is 0.550 e. The Balaban J connectivity index is 5.39. The molecule has 9 nitrogen and oxygen atoms in total. The first-order chi connectivity index (χ1) is 7.48. The van der Waals surface area contributed by atoms with Crippen LogP contribution in [0.15, 0.2) is 0 Å². The summed E-state index contributed by atoms with van der Waals surface area (Å²) in [5.41, 5.74) is 0. The summed E-state index contributed by atoms with van der Waals surface area (Å²) in [6.07, 6.45) is -1.10. The molecule has 1 atom stereocenters. The van der Waals surface area contributed by atoms with Gasteiger partial charge in [-0.15, -0.1) is 10.1 Å². The van der Waals surface area contributed by atoms with Crippen molar-refractivity contribution < 1.29 is 33.4 Å². The fraction of sp³-hybridized carbons (Fsp3) is 0.857. The van der Waals surface area contributed by atoms with Crippen molar-refractivity contribution in [2.75, 3.05) is 27.7 Å². The third-order valence-electron chi connectivity index (χ3n) is 1.72. The third-order valence-corrected chi connectivity index (χ3v) is 2.77. The standard InChI is InChI=1S/C7H13N2O7P/c1-9(2,3)5-7(17(14)15,4-6(10)11)16-8(12)13/h4-5H2,1-3H3/t7-/m1/s1. The van der Waals surface area contributed by atoms with Gasteiger partial charge in [-0.25, -0.2) is 9.13 Å². The average molecular weight is 268 g/mol. The number of hydrogen-bond donors (Lipinski definition) is 0. The fourth-order valence-corrected chi connectivity index (χ4v) is 2.31. The van der Waals surface area contributed by atoms with E-state index in [-0.39, 0.29) is 11.0 Å². The lowest BCUT2D eigenvalue weighted by Crippen LogP contribution is -2.51. The van der Waals surface area contributed by atoms with Gasteiger partial charge in [-0.1, -0.05) is 0 Å². The van der Waals surface area contributed by atoms with Gasteiger partial charge in [0.05, 0.1) is 21.1 Å². The summed E-state index contributed by atoms with van der Waals surface area (Å²) in [6.45, 7) is -0.388. The zero-order chi connectivity index (χ0) is 13.9. The number of carboxylic acid groups (broad SMARTS) is 1. The van der Waals surface area contributed by atoms with Gasteiger partial charge in [-0.05, 0) is 0 Å². The topological polar surface area (TPSA) is 127 Å². The molecule has 0 aliphatic heterocycles. The number of carbonyl (C=O) groups is 1. The second-order valence-electron chi connectivity index (χ2n) is 4.52. The number of hydrogen-bond acceptors (Lipinski definition) is 7. The van der Waals surface area contributed by atoms with Crippen LogP contribution in [0.25, 0.3) is 0 Å². The highest BCUT2D eigenvalue weighted by atomic mass is 31.1. The maximum atomic E-state index is 11.1. The van der Waals surface area contributed by atoms with Gasteiger partial charge < -0.3 is 14.4 Å². The summed E-state index contributed by atoms with van der Waals surface area (Å²) in [6, 6.07) is 0. The number of quaternary nitrogens is 1. The van der Waals surface area contributed by atoms with E-state index in [0.29, 0.717) is 0 Å². The fourth-order valence-electron chi connectivity index (χ4n) is 1.38. The smallest absolute Gasteiger partial charge is 0.354 e. The van der Waals surface area contributed by atoms with E-state index in [0.717, 1.165) is 0 Å². The van der Waals surface area contributed by atoms with Gasteiger partial charge in [0.2, 0.25) is 0 Å². The second-order valence-corrected chi connectivity index (χ2v) is 5.84. The quantitative estimate of drug-likeness (QED) is 0.248. The van der Waals surface area contributed by atoms with E-state index >= 15 is 0 Å². The molecule has 0 saturated carbocycles. The van der Waals surface area contributed by atoms with Crippen molar-refractivity contribution in [3.63, 3.8) is 0 Å². The van der Waals surface area contributed by atoms with Crippen molar-refractivity contribution in [2.24, 2.45) is 0 Å². The molecule has 0 spiro atoms. The molecule has 0 N–H and O–H groups in total. The van der Waals surface area contributed by atoms with E-state index in [2.05, 4.69) is 4.84 Å². The molecular formula is C7H13N2O7P. The molecule has 0 bridgehead atoms. The minimum atomic E-state index is -3.48. The van der Waals surface area contributed by atoms with E-state index in [4.69, 9.17) is 0 Å². The van der Waals surface area contributed by atoms with E-state index < -0.39 is 30.5 Å². The van der Waals surface area contributed by atoms with Crippen LogP contribution in [0.5, 0.6) is 0 Å². The van der Waals surface area contributed by atoms with Gasteiger partial charge in [0.1, 0.15) is 6.54 Å². The lowest BCUT2D eigenvalue weighted by atomic mass is 10.2. The molecule has 0 aliphatic rings. The molecule has 17 heavy (non-hydrogen) atoms. The molecule has 0 aliphatic carbocycles. The lowest BCUT2D eigenvalue weighted by molar-refractivity contribution is -0.888. The maximum Gasteiger partial charge on any atom is 0.354 e. The highest BCUT2D eigenvalue weighted by Crippen LogP contribution is 2.35. The summed E-state index contributed by atoms with van der Waals surface area (Å²) < 4.78 is 22.1. The van der Waals surface area contributed by atoms with Crippen molar-refractivity contribution in [3.8, 4) is 0 Å². The van der Waals surface area contributed by atoms with Crippen LogP contribution in [0.3, 0.4) is 0 Å². The van der Waals surface area contributed by atoms with Gasteiger partial charge in [-0.2, -0.15) is 0 Å². The van der Waals surface area contributed by atoms with Crippen molar-refractivity contribution in [1.82, 2.24) is 0 Å². The van der Waals surface area contributed by atoms with Crippen molar-refractivity contribution >= 4 is 13.6 Å². The second kappa shape index (κ2) is 5.24. The number of aliphatic carboxylic acids is 1. The Hall–Kier alpha value is -1.47. The molecular weight excluding hydrogens is 255 g/mol. The van der Waals surface area contributed by atoms with Crippen LogP contribution in [0, 0.1) is 10.1 Å². The van der Waals surface area contributed by atoms with E-state index in [1.807, 2.05) is 0 Å². The molecule has 0 saturated heterocycles. The summed E-state index contributed by atoms with van der Waals surface area (Å²) in [4.78, 5) is 24.9. The van der Waals surface area contributed by atoms with Gasteiger partial charge in [0, 0.05) is 12.4 Å². The lowest BCUT2D eigenvalue weighted by Gasteiger charge is -2.32. The zero-order valence-electron chi connectivity index (χ0n) is 9.61. The van der Waals surface area contributed by atoms with E-state index in [1.54, 1.807) is 21.1 Å². The minimum Gasteiger partial charge on any atom is -0.550 e. The monoisotopic (exact) mass is 268 g/mol. The predicted octanol–water partition coefficient (Wildman–Crippen LogP) is -1.09. The Kier molecular flexibility index (Phi) is 4.79. The Morgan fingerprint density at radius 1 is 1.41 bits per heavy atom. The van der Waals surface area contributed by atoms with Gasteiger partial charge in [0.15, 0.2) is 0 Å². The molecule has 98 valence electrons. The number of likely N-dealkylation sites (N-methyl/N-ethyl adjacent to an activating group) is 1. The summed E-state index contributed by atoms with van der Waals surface area (Å²) in [5.74, 6) is -1.74. The van der Waals surface area contributed by atoms with Crippen molar-refractivity contribution in [2.45, 2.75) is 11.8 Å². The molecule has 0 aromatic heterocycles. The van der Waals surface area contributed by atoms with Crippen molar-refractivity contribution in [1.29, 1.82) is 0 Å². The number of carbonyl (C=O) groups excluding carboxylic acids is 1. The highest BCUT2D eigenvalue weighted by Gasteiger charge is 2.46. The van der Waals surface area contributed by atoms with Crippen LogP contribution in [0.2, 0.25) is 0 Å². The molecule has 0 unspecified atom stereocenters. The van der Waals surface area contributed by atoms with Crippen LogP contribution < -0.4 is 5.11 Å². The van der Waals surface area contributed by atoms with Gasteiger partial charge >= 0.3 is 7.68 Å². The number of rotatable bonds is 7. The van der Waals surface area contributed by atoms with Gasteiger partial charge in [-0.3, -0.25) is 4.84 Å². The van der Waals surface area contributed by atoms with Crippen LogP contribution >= 0.6 is 7.68 Å². The summed E-state index contributed by atoms with van der Waals surface area (Å²) >= 11 is 0. The maximum absolute atomic E-state index is 11.1. The molecule has 0 fully saturated rings. The van der Waals surface area contributed by atoms with Crippen LogP contribution in [-0.4, -0.2) is 48.6 Å². The molecule has 0 rings (SSSR count). The first kappa shape index (κ1) is 15.5. The summed E-state index contributed by atoms with van der Waals surface area (Å²) in [7, 11) is 1.17. The summed E-state index contributed by atoms with van der Waals surface area (Å²) in [5, 5.41) is 17.1. The van der Waals surface area contributed by atoms with Crippen LogP contribution in [0.4, 0.5) is 0 Å². The highest BCUT2D eigenvalue weighted by molar-refractivity contribution is 7.32. The Bertz CT molecular complexity index is 360. The number of carboxylic acids is 1. The Morgan fingerprint density at radius 3 is 2.12 bits per heavy atom. The normalized spacial score (nSPS) is 14.8. The molecule has 0 heterocycles. The Morgan fingerprint density at radius 2 is 1.88 bits per heavy atom. The number of nitrogens with zero attached hydrogens (tertiary/aromatic N) is 2. The molecule has 0 aromatic rings. The zero-order valence-corrected chi connectivity index (χ0v) is 10.5. The Labute approximate surface area is 97.5 Å². The van der Waals surface area contributed by atoms with Crippen molar-refractivity contribution in [3.05, 3.63) is 10.1 Å². The predicted molar refractivity (Wildman–Crippen MR) is 51.6 cm³/mol. The van der Waals surface area contributed by atoms with E-state index in [9.17, 15) is 29.1 Å². The molecule has 0 aromatic carbocycles.